The number of nitrogens with two attached hydrogens (primary N) is 1. The van der Waals surface area contributed by atoms with Gasteiger partial charge < -0.3 is 15.4 Å². The summed E-state index contributed by atoms with van der Waals surface area (Å²) in [6.07, 6.45) is 5.43. The third-order valence-corrected chi connectivity index (χ3v) is 5.24. The van der Waals surface area contributed by atoms with Gasteiger partial charge in [-0.3, -0.25) is 0 Å². The van der Waals surface area contributed by atoms with Crippen molar-refractivity contribution in [1.82, 2.24) is 4.90 Å². The molecule has 0 aromatic carbocycles. The molecule has 0 aliphatic heterocycles. The molecule has 0 spiro atoms. The highest BCUT2D eigenvalue weighted by molar-refractivity contribution is 5.15. The Morgan fingerprint density at radius 2 is 2.00 bits per heavy atom. The summed E-state index contributed by atoms with van der Waals surface area (Å²) in [7, 11) is 2.22. The average molecular weight is 240 g/mol. The summed E-state index contributed by atoms with van der Waals surface area (Å²) in [5.41, 5.74) is 6.62. The number of hydrogen-bond acceptors (Lipinski definition) is 3. The fourth-order valence-electron chi connectivity index (χ4n) is 3.18. The van der Waals surface area contributed by atoms with Crippen LogP contribution in [-0.4, -0.2) is 42.8 Å². The van der Waals surface area contributed by atoms with Gasteiger partial charge in [0.15, 0.2) is 0 Å². The van der Waals surface area contributed by atoms with Crippen molar-refractivity contribution < 1.29 is 4.74 Å². The minimum Gasteiger partial charge on any atom is -0.378 e. The van der Waals surface area contributed by atoms with Crippen LogP contribution in [0.2, 0.25) is 0 Å². The molecule has 2 rings (SSSR count). The van der Waals surface area contributed by atoms with E-state index in [1.807, 2.05) is 0 Å². The molecular weight excluding hydrogens is 212 g/mol. The summed E-state index contributed by atoms with van der Waals surface area (Å²) in [5.74, 6) is 0. The molecule has 3 nitrogen and oxygen atoms in total. The Bertz CT molecular complexity index is 275. The topological polar surface area (TPSA) is 38.5 Å². The molecule has 0 saturated heterocycles. The van der Waals surface area contributed by atoms with Crippen LogP contribution in [0.15, 0.2) is 0 Å². The van der Waals surface area contributed by atoms with Gasteiger partial charge in [-0.15, -0.1) is 0 Å². The molecule has 0 amide bonds. The van der Waals surface area contributed by atoms with E-state index in [0.717, 1.165) is 25.6 Å². The zero-order valence-electron chi connectivity index (χ0n) is 11.8. The number of nitrogens with zero attached hydrogens (tertiary/aromatic N) is 1. The Kier molecular flexibility index (Phi) is 3.54. The Balaban J connectivity index is 1.91. The van der Waals surface area contributed by atoms with Crippen molar-refractivity contribution in [3.63, 3.8) is 0 Å². The van der Waals surface area contributed by atoms with E-state index in [-0.39, 0.29) is 11.0 Å². The van der Waals surface area contributed by atoms with Crippen LogP contribution >= 0.6 is 0 Å². The maximum absolute atomic E-state index is 6.60. The van der Waals surface area contributed by atoms with Crippen molar-refractivity contribution in [2.45, 2.75) is 64.1 Å². The van der Waals surface area contributed by atoms with Crippen LogP contribution in [0.3, 0.4) is 0 Å². The summed E-state index contributed by atoms with van der Waals surface area (Å²) >= 11 is 0. The number of likely N-dealkylation sites (N-methyl/N-ethyl adjacent to an activating group) is 1. The van der Waals surface area contributed by atoms with Gasteiger partial charge in [-0.25, -0.2) is 0 Å². The van der Waals surface area contributed by atoms with Gasteiger partial charge in [-0.05, 0) is 33.2 Å². The van der Waals surface area contributed by atoms with E-state index >= 15 is 0 Å². The molecule has 2 aliphatic carbocycles. The Morgan fingerprint density at radius 3 is 2.41 bits per heavy atom. The molecule has 0 aromatic rings. The van der Waals surface area contributed by atoms with Gasteiger partial charge in [0.05, 0.1) is 6.10 Å². The number of hydrogen-bond donors (Lipinski definition) is 1. The molecule has 2 N–H and O–H groups in total. The highest BCUT2D eigenvalue weighted by atomic mass is 16.5. The quantitative estimate of drug-likeness (QED) is 0.799. The molecule has 2 fully saturated rings. The first kappa shape index (κ1) is 13.3. The highest BCUT2D eigenvalue weighted by Gasteiger charge is 2.58. The van der Waals surface area contributed by atoms with E-state index in [1.165, 1.54) is 19.3 Å². The molecular formula is C14H28N2O. The van der Waals surface area contributed by atoms with Gasteiger partial charge in [-0.2, -0.15) is 0 Å². The zero-order chi connectivity index (χ0) is 12.7. The molecule has 17 heavy (non-hydrogen) atoms. The van der Waals surface area contributed by atoms with Crippen molar-refractivity contribution in [1.29, 1.82) is 0 Å². The van der Waals surface area contributed by atoms with Gasteiger partial charge in [0.2, 0.25) is 0 Å². The number of ether oxygens (including phenoxy) is 1. The second-order valence-corrected chi connectivity index (χ2v) is 6.53. The van der Waals surface area contributed by atoms with Crippen LogP contribution in [0.1, 0.15) is 46.5 Å². The van der Waals surface area contributed by atoms with Gasteiger partial charge in [-0.1, -0.05) is 20.3 Å². The SMILES string of the molecule is CCOC1CC(N)(CN(C)C2CCC2)C1(C)C. The van der Waals surface area contributed by atoms with E-state index in [0.29, 0.717) is 6.10 Å². The fraction of sp³-hybridized carbons (Fsp3) is 1.00. The summed E-state index contributed by atoms with van der Waals surface area (Å²) in [4.78, 5) is 2.47. The monoisotopic (exact) mass is 240 g/mol. The lowest BCUT2D eigenvalue weighted by molar-refractivity contribution is -0.158. The lowest BCUT2D eigenvalue weighted by Crippen LogP contribution is -2.74. The van der Waals surface area contributed by atoms with E-state index in [4.69, 9.17) is 10.5 Å². The average Bonchev–Trinajstić information content (AvgIpc) is 2.14. The highest BCUT2D eigenvalue weighted by Crippen LogP contribution is 2.50. The predicted octanol–water partition coefficient (Wildman–Crippen LogP) is 2.00. The fourth-order valence-corrected chi connectivity index (χ4v) is 3.18. The maximum Gasteiger partial charge on any atom is 0.0662 e. The molecule has 3 heteroatoms. The van der Waals surface area contributed by atoms with Crippen LogP contribution in [0.5, 0.6) is 0 Å². The normalized spacial score (nSPS) is 36.7. The van der Waals surface area contributed by atoms with E-state index in [2.05, 4.69) is 32.7 Å². The molecule has 2 unspecified atom stereocenters. The summed E-state index contributed by atoms with van der Waals surface area (Å²) in [5, 5.41) is 0. The molecule has 2 aliphatic rings. The molecule has 2 saturated carbocycles. The second kappa shape index (κ2) is 4.52. The first-order valence-corrected chi connectivity index (χ1v) is 7.01. The number of rotatable bonds is 5. The first-order valence-electron chi connectivity index (χ1n) is 7.01. The van der Waals surface area contributed by atoms with Crippen LogP contribution in [0, 0.1) is 5.41 Å². The first-order chi connectivity index (χ1) is 7.90. The van der Waals surface area contributed by atoms with Gasteiger partial charge in [0.25, 0.3) is 0 Å². The summed E-state index contributed by atoms with van der Waals surface area (Å²) < 4.78 is 5.77. The third kappa shape index (κ3) is 2.13. The maximum atomic E-state index is 6.60. The third-order valence-electron chi connectivity index (χ3n) is 5.24. The van der Waals surface area contributed by atoms with E-state index in [1.54, 1.807) is 0 Å². The summed E-state index contributed by atoms with van der Waals surface area (Å²) in [6.45, 7) is 8.38. The van der Waals surface area contributed by atoms with Crippen molar-refractivity contribution in [3.8, 4) is 0 Å². The zero-order valence-corrected chi connectivity index (χ0v) is 11.8. The molecule has 0 heterocycles. The predicted molar refractivity (Wildman–Crippen MR) is 71.0 cm³/mol. The lowest BCUT2D eigenvalue weighted by atomic mass is 9.54. The second-order valence-electron chi connectivity index (χ2n) is 6.53. The minimum absolute atomic E-state index is 0.0722. The lowest BCUT2D eigenvalue weighted by Gasteiger charge is -2.61. The smallest absolute Gasteiger partial charge is 0.0662 e. The Morgan fingerprint density at radius 1 is 1.35 bits per heavy atom. The van der Waals surface area contributed by atoms with Crippen LogP contribution < -0.4 is 5.73 Å². The standard InChI is InChI=1S/C14H28N2O/c1-5-17-12-9-14(15,13(12,2)3)10-16(4)11-7-6-8-11/h11-12H,5-10,15H2,1-4H3. The van der Waals surface area contributed by atoms with Crippen molar-refractivity contribution in [2.24, 2.45) is 11.1 Å². The van der Waals surface area contributed by atoms with Crippen LogP contribution in [0.25, 0.3) is 0 Å². The van der Waals surface area contributed by atoms with Crippen molar-refractivity contribution in [3.05, 3.63) is 0 Å². The van der Waals surface area contributed by atoms with Gasteiger partial charge in [0, 0.05) is 30.1 Å². The van der Waals surface area contributed by atoms with E-state index < -0.39 is 0 Å². The van der Waals surface area contributed by atoms with Gasteiger partial charge in [0.1, 0.15) is 0 Å². The molecule has 0 bridgehead atoms. The Labute approximate surface area is 106 Å². The molecule has 100 valence electrons. The van der Waals surface area contributed by atoms with Crippen molar-refractivity contribution in [2.75, 3.05) is 20.2 Å². The van der Waals surface area contributed by atoms with Crippen LogP contribution in [0.4, 0.5) is 0 Å². The minimum atomic E-state index is -0.0722. The largest absolute Gasteiger partial charge is 0.378 e. The van der Waals surface area contributed by atoms with Gasteiger partial charge >= 0.3 is 0 Å². The van der Waals surface area contributed by atoms with E-state index in [9.17, 15) is 0 Å². The molecule has 0 radical (unpaired) electrons. The van der Waals surface area contributed by atoms with Crippen LogP contribution in [-0.2, 0) is 4.74 Å². The molecule has 2 atom stereocenters. The summed E-state index contributed by atoms with van der Waals surface area (Å²) in [6, 6.07) is 0.775. The van der Waals surface area contributed by atoms with Crippen molar-refractivity contribution >= 4 is 0 Å². The molecule has 0 aromatic heterocycles. The Hall–Kier alpha value is -0.120.